The van der Waals surface area contributed by atoms with Crippen LogP contribution in [0.1, 0.15) is 36.0 Å². The molecule has 0 saturated heterocycles. The second-order valence-electron chi connectivity index (χ2n) is 6.08. The van der Waals surface area contributed by atoms with Crippen molar-refractivity contribution in [2.45, 2.75) is 25.7 Å². The number of carbonyl (C=O) groups excluding carboxylic acids is 1. The molecule has 21 heavy (non-hydrogen) atoms. The molecule has 0 unspecified atom stereocenters. The van der Waals surface area contributed by atoms with E-state index in [2.05, 4.69) is 5.32 Å². The zero-order valence-electron chi connectivity index (χ0n) is 11.7. The summed E-state index contributed by atoms with van der Waals surface area (Å²) in [5, 5.41) is 13.8. The predicted octanol–water partition coefficient (Wildman–Crippen LogP) is 2.34. The number of nitrogens with two attached hydrogens (primary N) is 1. The Morgan fingerprint density at radius 3 is 2.48 bits per heavy atom. The molecule has 3 N–H and O–H groups in total. The number of nitrogen functional groups attached to an aromatic ring is 1. The normalized spacial score (nSPS) is 17.8. The minimum atomic E-state index is -0.566. The van der Waals surface area contributed by atoms with Crippen LogP contribution in [-0.4, -0.2) is 17.4 Å². The standard InChI is InChI=1S/C15H19N3O3/c16-13-6-5-11(7-14(13)18(20)21)15(19)17-8-12(9-1-2-9)10-3-4-10/h5-7,9-10,12H,1-4,8,16H2,(H,17,19). The molecule has 2 fully saturated rings. The summed E-state index contributed by atoms with van der Waals surface area (Å²) >= 11 is 0. The number of benzene rings is 1. The molecule has 0 radical (unpaired) electrons. The Bertz CT molecular complexity index is 568. The van der Waals surface area contributed by atoms with E-state index in [1.54, 1.807) is 0 Å². The average Bonchev–Trinajstić information content (AvgIpc) is 3.32. The molecule has 0 spiro atoms. The van der Waals surface area contributed by atoms with Crippen LogP contribution in [0.2, 0.25) is 0 Å². The summed E-state index contributed by atoms with van der Waals surface area (Å²) in [5.74, 6) is 1.85. The molecule has 3 rings (SSSR count). The molecule has 6 nitrogen and oxygen atoms in total. The molecule has 2 saturated carbocycles. The van der Waals surface area contributed by atoms with Gasteiger partial charge in [-0.1, -0.05) is 0 Å². The van der Waals surface area contributed by atoms with Gasteiger partial charge in [-0.25, -0.2) is 0 Å². The molecule has 2 aliphatic carbocycles. The van der Waals surface area contributed by atoms with Gasteiger partial charge in [0.2, 0.25) is 0 Å². The lowest BCUT2D eigenvalue weighted by Gasteiger charge is -2.16. The number of rotatable bonds is 6. The first-order valence-corrected chi connectivity index (χ1v) is 7.38. The highest BCUT2D eigenvalue weighted by Crippen LogP contribution is 2.48. The van der Waals surface area contributed by atoms with E-state index in [0.29, 0.717) is 18.0 Å². The summed E-state index contributed by atoms with van der Waals surface area (Å²) in [5.41, 5.74) is 5.68. The van der Waals surface area contributed by atoms with E-state index in [0.717, 1.165) is 11.8 Å². The first kappa shape index (κ1) is 13.9. The summed E-state index contributed by atoms with van der Waals surface area (Å²) in [6.07, 6.45) is 5.07. The quantitative estimate of drug-likeness (QED) is 0.477. The molecular weight excluding hydrogens is 270 g/mol. The van der Waals surface area contributed by atoms with Crippen molar-refractivity contribution in [2.75, 3.05) is 12.3 Å². The maximum Gasteiger partial charge on any atom is 0.292 e. The van der Waals surface area contributed by atoms with Crippen molar-refractivity contribution in [2.24, 2.45) is 17.8 Å². The second-order valence-corrected chi connectivity index (χ2v) is 6.08. The number of hydrogen-bond acceptors (Lipinski definition) is 4. The molecule has 112 valence electrons. The highest BCUT2D eigenvalue weighted by atomic mass is 16.6. The van der Waals surface area contributed by atoms with Gasteiger partial charge < -0.3 is 11.1 Å². The third-order valence-corrected chi connectivity index (χ3v) is 4.44. The number of hydrogen-bond donors (Lipinski definition) is 2. The average molecular weight is 289 g/mol. The third-order valence-electron chi connectivity index (χ3n) is 4.44. The number of amides is 1. The molecule has 0 bridgehead atoms. The highest BCUT2D eigenvalue weighted by molar-refractivity contribution is 5.95. The maximum atomic E-state index is 12.1. The number of nitrogens with zero attached hydrogens (tertiary/aromatic N) is 1. The Hall–Kier alpha value is -2.11. The predicted molar refractivity (Wildman–Crippen MR) is 78.8 cm³/mol. The lowest BCUT2D eigenvalue weighted by atomic mass is 9.98. The largest absolute Gasteiger partial charge is 0.393 e. The van der Waals surface area contributed by atoms with Crippen LogP contribution in [0.3, 0.4) is 0 Å². The number of anilines is 1. The number of nitrogens with one attached hydrogen (secondary N) is 1. The second kappa shape index (κ2) is 5.35. The minimum absolute atomic E-state index is 0.0744. The van der Waals surface area contributed by atoms with Crippen molar-refractivity contribution in [3.05, 3.63) is 33.9 Å². The molecule has 2 aliphatic rings. The molecule has 1 aromatic carbocycles. The van der Waals surface area contributed by atoms with E-state index in [1.807, 2.05) is 0 Å². The molecule has 1 amide bonds. The number of nitro groups is 1. The first-order valence-electron chi connectivity index (χ1n) is 7.38. The number of nitro benzene ring substituents is 1. The molecule has 0 aliphatic heterocycles. The van der Waals surface area contributed by atoms with Crippen molar-refractivity contribution < 1.29 is 9.72 Å². The monoisotopic (exact) mass is 289 g/mol. The van der Waals surface area contributed by atoms with E-state index < -0.39 is 4.92 Å². The van der Waals surface area contributed by atoms with E-state index in [-0.39, 0.29) is 17.3 Å². The van der Waals surface area contributed by atoms with Crippen molar-refractivity contribution >= 4 is 17.3 Å². The minimum Gasteiger partial charge on any atom is -0.393 e. The summed E-state index contributed by atoms with van der Waals surface area (Å²) in [6, 6.07) is 4.18. The van der Waals surface area contributed by atoms with Gasteiger partial charge in [-0.15, -0.1) is 0 Å². The third kappa shape index (κ3) is 3.15. The Balaban J connectivity index is 1.64. The Morgan fingerprint density at radius 2 is 1.95 bits per heavy atom. The maximum absolute atomic E-state index is 12.1. The Morgan fingerprint density at radius 1 is 1.33 bits per heavy atom. The SMILES string of the molecule is Nc1ccc(C(=O)NCC(C2CC2)C2CC2)cc1[N+](=O)[O-]. The zero-order chi connectivity index (χ0) is 15.0. The fourth-order valence-corrected chi connectivity index (χ4v) is 2.92. The molecule has 1 aromatic rings. The van der Waals surface area contributed by atoms with Gasteiger partial charge in [0.25, 0.3) is 11.6 Å². The van der Waals surface area contributed by atoms with Crippen LogP contribution in [0.5, 0.6) is 0 Å². The smallest absolute Gasteiger partial charge is 0.292 e. The van der Waals surface area contributed by atoms with Crippen LogP contribution >= 0.6 is 0 Å². The van der Waals surface area contributed by atoms with Crippen LogP contribution in [0.4, 0.5) is 11.4 Å². The highest BCUT2D eigenvalue weighted by Gasteiger charge is 2.41. The van der Waals surface area contributed by atoms with Gasteiger partial charge in [-0.05, 0) is 55.6 Å². The van der Waals surface area contributed by atoms with Crippen LogP contribution in [0.25, 0.3) is 0 Å². The summed E-state index contributed by atoms with van der Waals surface area (Å²) in [6.45, 7) is 0.673. The lowest BCUT2D eigenvalue weighted by Crippen LogP contribution is -2.31. The Labute approximate surface area is 122 Å². The molecule has 6 heteroatoms. The van der Waals surface area contributed by atoms with E-state index in [9.17, 15) is 14.9 Å². The van der Waals surface area contributed by atoms with Gasteiger partial charge >= 0.3 is 0 Å². The first-order chi connectivity index (χ1) is 10.1. The fraction of sp³-hybridized carbons (Fsp3) is 0.533. The van der Waals surface area contributed by atoms with Gasteiger partial charge in [-0.3, -0.25) is 14.9 Å². The van der Waals surface area contributed by atoms with E-state index in [4.69, 9.17) is 5.73 Å². The summed E-state index contributed by atoms with van der Waals surface area (Å²) in [4.78, 5) is 22.4. The molecule has 0 aromatic heterocycles. The van der Waals surface area contributed by atoms with Crippen LogP contribution in [0, 0.1) is 27.9 Å². The zero-order valence-corrected chi connectivity index (χ0v) is 11.7. The Kier molecular flexibility index (Phi) is 3.53. The van der Waals surface area contributed by atoms with Crippen molar-refractivity contribution in [3.8, 4) is 0 Å². The molecule has 0 atom stereocenters. The summed E-state index contributed by atoms with van der Waals surface area (Å²) in [7, 11) is 0. The lowest BCUT2D eigenvalue weighted by molar-refractivity contribution is -0.383. The van der Waals surface area contributed by atoms with Gasteiger partial charge in [0, 0.05) is 18.2 Å². The molecular formula is C15H19N3O3. The van der Waals surface area contributed by atoms with Gasteiger partial charge in [0.05, 0.1) is 4.92 Å². The van der Waals surface area contributed by atoms with Crippen molar-refractivity contribution in [3.63, 3.8) is 0 Å². The summed E-state index contributed by atoms with van der Waals surface area (Å²) < 4.78 is 0. The van der Waals surface area contributed by atoms with E-state index >= 15 is 0 Å². The van der Waals surface area contributed by atoms with Gasteiger partial charge in [-0.2, -0.15) is 0 Å². The van der Waals surface area contributed by atoms with Crippen molar-refractivity contribution in [1.29, 1.82) is 0 Å². The van der Waals surface area contributed by atoms with Gasteiger partial charge in [0.15, 0.2) is 0 Å². The molecule has 0 heterocycles. The van der Waals surface area contributed by atoms with Crippen molar-refractivity contribution in [1.82, 2.24) is 5.32 Å². The topological polar surface area (TPSA) is 98.3 Å². The van der Waals surface area contributed by atoms with Crippen LogP contribution < -0.4 is 11.1 Å². The van der Waals surface area contributed by atoms with Crippen LogP contribution in [-0.2, 0) is 0 Å². The van der Waals surface area contributed by atoms with Crippen LogP contribution in [0.15, 0.2) is 18.2 Å². The fourth-order valence-electron chi connectivity index (χ4n) is 2.92. The van der Waals surface area contributed by atoms with E-state index in [1.165, 1.54) is 43.9 Å². The van der Waals surface area contributed by atoms with Gasteiger partial charge in [0.1, 0.15) is 5.69 Å². The number of carbonyl (C=O) groups is 1.